The number of benzene rings is 1. The van der Waals surface area contributed by atoms with Gasteiger partial charge < -0.3 is 14.4 Å². The van der Waals surface area contributed by atoms with Gasteiger partial charge in [-0.25, -0.2) is 0 Å². The van der Waals surface area contributed by atoms with Gasteiger partial charge in [0.15, 0.2) is 0 Å². The number of rotatable bonds is 6. The summed E-state index contributed by atoms with van der Waals surface area (Å²) in [5, 5.41) is 4.39. The summed E-state index contributed by atoms with van der Waals surface area (Å²) in [4.78, 5) is 2.38. The van der Waals surface area contributed by atoms with Crippen LogP contribution in [0.5, 0.6) is 0 Å². The molecular formula is C17H23N3O2. The molecule has 5 nitrogen and oxygen atoms in total. The number of anilines is 1. The summed E-state index contributed by atoms with van der Waals surface area (Å²) in [6, 6.07) is 8.57. The van der Waals surface area contributed by atoms with Crippen LogP contribution in [0.15, 0.2) is 36.7 Å². The molecule has 1 aromatic carbocycles. The molecule has 0 unspecified atom stereocenters. The fraction of sp³-hybridized carbons (Fsp3) is 0.471. The van der Waals surface area contributed by atoms with E-state index < -0.39 is 0 Å². The molecule has 0 aliphatic carbocycles. The van der Waals surface area contributed by atoms with E-state index >= 15 is 0 Å². The number of methoxy groups -OCH3 is 2. The van der Waals surface area contributed by atoms with E-state index in [9.17, 15) is 0 Å². The lowest BCUT2D eigenvalue weighted by Gasteiger charge is -2.35. The maximum Gasteiger partial charge on any atom is 0.0787 e. The Morgan fingerprint density at radius 2 is 2.14 bits per heavy atom. The van der Waals surface area contributed by atoms with Crippen LogP contribution in [-0.4, -0.2) is 43.3 Å². The van der Waals surface area contributed by atoms with E-state index in [1.54, 1.807) is 14.2 Å². The molecule has 118 valence electrons. The van der Waals surface area contributed by atoms with E-state index in [1.807, 2.05) is 10.9 Å². The van der Waals surface area contributed by atoms with E-state index in [4.69, 9.17) is 9.47 Å². The number of fused-ring (bicyclic) bond motifs is 1. The standard InChI is InChI=1S/C17H23N3O2/c1-21-8-7-20-12-14(10-18-20)11-19-13-16(22-2)9-15-5-3-4-6-17(15)19/h3-6,10,12,16H,7-9,11,13H2,1-2H3/t16-/m1/s1. The van der Waals surface area contributed by atoms with Crippen molar-refractivity contribution in [2.45, 2.75) is 25.6 Å². The minimum atomic E-state index is 0.249. The topological polar surface area (TPSA) is 39.5 Å². The van der Waals surface area contributed by atoms with E-state index in [1.165, 1.54) is 16.8 Å². The molecule has 1 atom stereocenters. The first-order valence-corrected chi connectivity index (χ1v) is 7.66. The zero-order valence-electron chi connectivity index (χ0n) is 13.2. The van der Waals surface area contributed by atoms with E-state index in [0.717, 1.165) is 26.1 Å². The molecule has 0 radical (unpaired) electrons. The van der Waals surface area contributed by atoms with E-state index in [2.05, 4.69) is 40.5 Å². The number of nitrogens with zero attached hydrogens (tertiary/aromatic N) is 3. The van der Waals surface area contributed by atoms with E-state index in [-0.39, 0.29) is 6.10 Å². The fourth-order valence-corrected chi connectivity index (χ4v) is 2.97. The first-order valence-electron chi connectivity index (χ1n) is 7.66. The second-order valence-corrected chi connectivity index (χ2v) is 5.68. The Morgan fingerprint density at radius 3 is 2.95 bits per heavy atom. The first-order chi connectivity index (χ1) is 10.8. The Balaban J connectivity index is 1.75. The highest BCUT2D eigenvalue weighted by Gasteiger charge is 2.24. The van der Waals surface area contributed by atoms with Crippen LogP contribution in [0.2, 0.25) is 0 Å². The van der Waals surface area contributed by atoms with Crippen LogP contribution in [0.25, 0.3) is 0 Å². The van der Waals surface area contributed by atoms with Crippen LogP contribution in [0, 0.1) is 0 Å². The number of para-hydroxylation sites is 1. The quantitative estimate of drug-likeness (QED) is 0.819. The molecule has 0 saturated heterocycles. The van der Waals surface area contributed by atoms with Crippen molar-refractivity contribution in [3.05, 3.63) is 47.8 Å². The minimum absolute atomic E-state index is 0.249. The molecule has 0 amide bonds. The summed E-state index contributed by atoms with van der Waals surface area (Å²) < 4.78 is 12.6. The van der Waals surface area contributed by atoms with Gasteiger partial charge in [0.1, 0.15) is 0 Å². The molecule has 0 fully saturated rings. The molecule has 1 aliphatic heterocycles. The molecule has 0 N–H and O–H groups in total. The van der Waals surface area contributed by atoms with Crippen LogP contribution >= 0.6 is 0 Å². The predicted molar refractivity (Wildman–Crippen MR) is 86.1 cm³/mol. The molecule has 5 heteroatoms. The van der Waals surface area contributed by atoms with Crippen molar-refractivity contribution in [1.82, 2.24) is 9.78 Å². The highest BCUT2D eigenvalue weighted by molar-refractivity contribution is 5.56. The van der Waals surface area contributed by atoms with Crippen LogP contribution < -0.4 is 4.90 Å². The van der Waals surface area contributed by atoms with Gasteiger partial charge in [-0.3, -0.25) is 4.68 Å². The Labute approximate surface area is 131 Å². The number of hydrogen-bond acceptors (Lipinski definition) is 4. The maximum atomic E-state index is 5.60. The average molecular weight is 301 g/mol. The highest BCUT2D eigenvalue weighted by Crippen LogP contribution is 2.29. The molecule has 0 saturated carbocycles. The Bertz CT molecular complexity index is 611. The molecular weight excluding hydrogens is 278 g/mol. The highest BCUT2D eigenvalue weighted by atomic mass is 16.5. The summed E-state index contributed by atoms with van der Waals surface area (Å²) in [5.41, 5.74) is 3.87. The smallest absolute Gasteiger partial charge is 0.0787 e. The molecule has 1 aliphatic rings. The third-order valence-electron chi connectivity index (χ3n) is 4.12. The Morgan fingerprint density at radius 1 is 1.27 bits per heavy atom. The van der Waals surface area contributed by atoms with Crippen molar-refractivity contribution in [2.75, 3.05) is 32.3 Å². The Hall–Kier alpha value is -1.85. The van der Waals surface area contributed by atoms with Crippen molar-refractivity contribution < 1.29 is 9.47 Å². The molecule has 0 spiro atoms. The normalized spacial score (nSPS) is 17.5. The van der Waals surface area contributed by atoms with Gasteiger partial charge in [-0.2, -0.15) is 5.10 Å². The Kier molecular flexibility index (Phi) is 4.75. The predicted octanol–water partition coefficient (Wildman–Crippen LogP) is 2.11. The van der Waals surface area contributed by atoms with Crippen LogP contribution in [-0.2, 0) is 29.0 Å². The lowest BCUT2D eigenvalue weighted by molar-refractivity contribution is 0.104. The fourth-order valence-electron chi connectivity index (χ4n) is 2.97. The summed E-state index contributed by atoms with van der Waals surface area (Å²) in [5.74, 6) is 0. The van der Waals surface area contributed by atoms with Gasteiger partial charge in [0, 0.05) is 51.2 Å². The number of aromatic nitrogens is 2. The second kappa shape index (κ2) is 6.94. The largest absolute Gasteiger partial charge is 0.383 e. The summed E-state index contributed by atoms with van der Waals surface area (Å²) in [6.07, 6.45) is 5.27. The average Bonchev–Trinajstić information content (AvgIpc) is 3.00. The van der Waals surface area contributed by atoms with Gasteiger partial charge >= 0.3 is 0 Å². The van der Waals surface area contributed by atoms with Crippen molar-refractivity contribution in [3.8, 4) is 0 Å². The molecule has 2 aromatic rings. The van der Waals surface area contributed by atoms with Crippen molar-refractivity contribution >= 4 is 5.69 Å². The summed E-state index contributed by atoms with van der Waals surface area (Å²) in [7, 11) is 3.50. The van der Waals surface area contributed by atoms with Crippen molar-refractivity contribution in [2.24, 2.45) is 0 Å². The third kappa shape index (κ3) is 3.31. The van der Waals surface area contributed by atoms with Gasteiger partial charge in [-0.15, -0.1) is 0 Å². The zero-order valence-corrected chi connectivity index (χ0v) is 13.2. The third-order valence-corrected chi connectivity index (χ3v) is 4.12. The SMILES string of the molecule is COCCn1cc(CN2C[C@H](OC)Cc3ccccc32)cn1. The summed E-state index contributed by atoms with van der Waals surface area (Å²) >= 11 is 0. The van der Waals surface area contributed by atoms with Gasteiger partial charge in [0.2, 0.25) is 0 Å². The van der Waals surface area contributed by atoms with Crippen LogP contribution in [0.3, 0.4) is 0 Å². The molecule has 0 bridgehead atoms. The molecule has 3 rings (SSSR count). The molecule has 2 heterocycles. The number of ether oxygens (including phenoxy) is 2. The van der Waals surface area contributed by atoms with Gasteiger partial charge in [0.25, 0.3) is 0 Å². The van der Waals surface area contributed by atoms with Crippen LogP contribution in [0.1, 0.15) is 11.1 Å². The molecule has 22 heavy (non-hydrogen) atoms. The lowest BCUT2D eigenvalue weighted by Crippen LogP contribution is -2.39. The lowest BCUT2D eigenvalue weighted by atomic mass is 9.99. The van der Waals surface area contributed by atoms with Gasteiger partial charge in [-0.05, 0) is 11.6 Å². The monoisotopic (exact) mass is 301 g/mol. The first kappa shape index (κ1) is 15.1. The molecule has 1 aromatic heterocycles. The van der Waals surface area contributed by atoms with Crippen LogP contribution in [0.4, 0.5) is 5.69 Å². The number of hydrogen-bond donors (Lipinski definition) is 0. The van der Waals surface area contributed by atoms with Crippen molar-refractivity contribution in [3.63, 3.8) is 0 Å². The zero-order chi connectivity index (χ0) is 15.4. The van der Waals surface area contributed by atoms with Crippen molar-refractivity contribution in [1.29, 1.82) is 0 Å². The maximum absolute atomic E-state index is 5.60. The summed E-state index contributed by atoms with van der Waals surface area (Å²) in [6.45, 7) is 3.23. The van der Waals surface area contributed by atoms with Gasteiger partial charge in [0.05, 0.1) is 25.5 Å². The van der Waals surface area contributed by atoms with E-state index in [0.29, 0.717) is 6.61 Å². The minimum Gasteiger partial charge on any atom is -0.383 e. The second-order valence-electron chi connectivity index (χ2n) is 5.68. The van der Waals surface area contributed by atoms with Gasteiger partial charge in [-0.1, -0.05) is 18.2 Å².